The first-order chi connectivity index (χ1) is 25.0. The summed E-state index contributed by atoms with van der Waals surface area (Å²) in [6.45, 7) is 0. The maximum absolute atomic E-state index is 13.2. The van der Waals surface area contributed by atoms with E-state index in [-0.39, 0.29) is 28.9 Å². The first kappa shape index (κ1) is 38.2. The molecule has 0 unspecified atom stereocenters. The van der Waals surface area contributed by atoms with Crippen molar-refractivity contribution in [1.82, 2.24) is 9.97 Å². The molecule has 280 valence electrons. The zero-order chi connectivity index (χ0) is 38.3. The Kier molecular flexibility index (Phi) is 10.3. The number of carbonyl (C=O) groups is 2. The van der Waals surface area contributed by atoms with Gasteiger partial charge in [-0.2, -0.15) is 0 Å². The van der Waals surface area contributed by atoms with E-state index in [1.54, 1.807) is 43.5 Å². The van der Waals surface area contributed by atoms with Crippen molar-refractivity contribution in [3.63, 3.8) is 0 Å². The summed E-state index contributed by atoms with van der Waals surface area (Å²) in [7, 11) is 3.10. The smallest absolute Gasteiger partial charge is 0.494 e. The molecule has 0 bridgehead atoms. The van der Waals surface area contributed by atoms with Crippen molar-refractivity contribution in [2.75, 3.05) is 25.3 Å². The minimum Gasteiger partial charge on any atom is -0.494 e. The number of aromatic nitrogens is 2. The molecule has 2 aliphatic carbocycles. The third-order valence-corrected chi connectivity index (χ3v) is 10.0. The highest BCUT2D eigenvalue weighted by atomic mass is 79.9. The number of fused-ring (bicyclic) bond motifs is 2. The summed E-state index contributed by atoms with van der Waals surface area (Å²) in [6.07, 6.45) is -4.85. The summed E-state index contributed by atoms with van der Waals surface area (Å²) in [5.74, 6) is 1.61. The van der Waals surface area contributed by atoms with Crippen molar-refractivity contribution in [1.29, 1.82) is 0 Å². The van der Waals surface area contributed by atoms with Crippen LogP contribution in [0.25, 0.3) is 0 Å². The number of nitrogens with one attached hydrogen (secondary N) is 1. The number of halogens is 7. The molecule has 3 N–H and O–H groups in total. The Morgan fingerprint density at radius 1 is 0.717 bits per heavy atom. The molecule has 4 aliphatic rings. The number of amides is 1. The number of ether oxygens (including phenoxy) is 6. The monoisotopic (exact) mass is 888 g/mol. The molecule has 4 heterocycles. The molecule has 4 aromatic rings. The van der Waals surface area contributed by atoms with Gasteiger partial charge >= 0.3 is 12.6 Å². The topological polar surface area (TPSA) is 153 Å². The third kappa shape index (κ3) is 8.18. The van der Waals surface area contributed by atoms with Gasteiger partial charge in [-0.05, 0) is 129 Å². The van der Waals surface area contributed by atoms with Gasteiger partial charge in [0.05, 0.1) is 25.0 Å². The average molecular weight is 891 g/mol. The molecule has 19 heteroatoms. The number of methoxy groups -OCH3 is 2. The van der Waals surface area contributed by atoms with Crippen LogP contribution in [0.2, 0.25) is 0 Å². The number of nitrogen functional groups attached to an aromatic ring is 1. The van der Waals surface area contributed by atoms with Gasteiger partial charge in [-0.1, -0.05) is 12.1 Å². The number of hydrogen-bond acceptors (Lipinski definition) is 11. The summed E-state index contributed by atoms with van der Waals surface area (Å²) in [4.78, 5) is 32.2. The largest absolute Gasteiger partial charge is 0.586 e. The van der Waals surface area contributed by atoms with E-state index in [9.17, 15) is 27.2 Å². The SMILES string of the molecule is COc1ccc(N)nc1Br.COc1ccc(NC(=O)C2(c3ccc4c(c3)OC(F)(F)O4)CC2)nc1Br.O=C(Cl)C1(c2ccc3c(c2)OC(F)(F)O3)CC1. The van der Waals surface area contributed by atoms with Crippen molar-refractivity contribution in [2.24, 2.45) is 0 Å². The number of anilines is 2. The van der Waals surface area contributed by atoms with Gasteiger partial charge in [-0.25, -0.2) is 9.97 Å². The van der Waals surface area contributed by atoms with E-state index < -0.39 is 28.7 Å². The molecule has 8 rings (SSSR count). The Morgan fingerprint density at radius 3 is 1.60 bits per heavy atom. The molecule has 2 aromatic heterocycles. The molecule has 2 fully saturated rings. The third-order valence-electron chi connectivity index (χ3n) is 8.55. The summed E-state index contributed by atoms with van der Waals surface area (Å²) in [6, 6.07) is 15.5. The predicted molar refractivity (Wildman–Crippen MR) is 188 cm³/mol. The van der Waals surface area contributed by atoms with E-state index in [4.69, 9.17) is 26.8 Å². The highest BCUT2D eigenvalue weighted by Gasteiger charge is 2.53. The normalized spacial score (nSPS) is 17.9. The maximum atomic E-state index is 13.2. The van der Waals surface area contributed by atoms with Crippen LogP contribution < -0.4 is 39.5 Å². The van der Waals surface area contributed by atoms with Crippen LogP contribution in [0.4, 0.5) is 29.2 Å². The molecule has 0 spiro atoms. The van der Waals surface area contributed by atoms with Gasteiger partial charge in [0.1, 0.15) is 20.8 Å². The van der Waals surface area contributed by atoms with Gasteiger partial charge < -0.3 is 39.5 Å². The minimum atomic E-state index is -3.68. The fraction of sp³-hybridized carbons (Fsp3) is 0.294. The Hall–Kier alpha value is -4.55. The van der Waals surface area contributed by atoms with Crippen molar-refractivity contribution in [2.45, 2.75) is 49.1 Å². The lowest BCUT2D eigenvalue weighted by Gasteiger charge is -2.16. The number of alkyl halides is 4. The number of pyridine rings is 2. The first-order valence-electron chi connectivity index (χ1n) is 15.5. The Balaban J connectivity index is 0.000000152. The fourth-order valence-electron chi connectivity index (χ4n) is 5.46. The van der Waals surface area contributed by atoms with E-state index >= 15 is 0 Å². The lowest BCUT2D eigenvalue weighted by molar-refractivity contribution is -0.287. The van der Waals surface area contributed by atoms with Crippen LogP contribution in [0.3, 0.4) is 0 Å². The predicted octanol–water partition coefficient (Wildman–Crippen LogP) is 8.08. The van der Waals surface area contributed by atoms with Gasteiger partial charge in [0.25, 0.3) is 0 Å². The van der Waals surface area contributed by atoms with Crippen LogP contribution in [-0.4, -0.2) is 47.9 Å². The molecule has 0 saturated heterocycles. The van der Waals surface area contributed by atoms with E-state index in [0.717, 1.165) is 0 Å². The Morgan fingerprint density at radius 2 is 1.17 bits per heavy atom. The molecular formula is C34H27Br2ClF4N4O8. The number of rotatable bonds is 7. The van der Waals surface area contributed by atoms with Crippen LogP contribution in [0.5, 0.6) is 34.5 Å². The number of hydrogen-bond donors (Lipinski definition) is 2. The standard InChI is InChI=1S/C17H13BrF2N2O4.C11H7ClF2O3.C6H7BrN2O/c1-24-11-4-5-13(21-14(11)18)22-15(23)16(6-7-16)9-2-3-10-12(8-9)26-17(19,20)25-10;12-9(15)10(3-4-10)6-1-2-7-8(5-6)17-11(13,14)16-7;1-10-4-2-3-5(8)9-6(4)7/h2-5,8H,6-7H2,1H3,(H,21,22,23);1-2,5H,3-4H2;2-3H,1H3,(H2,8,9). The van der Waals surface area contributed by atoms with Gasteiger partial charge in [0, 0.05) is 0 Å². The molecule has 1 amide bonds. The molecular weight excluding hydrogens is 864 g/mol. The van der Waals surface area contributed by atoms with E-state index in [1.807, 2.05) is 0 Å². The quantitative estimate of drug-likeness (QED) is 0.105. The Bertz CT molecular complexity index is 2090. The number of carbonyl (C=O) groups excluding carboxylic acids is 2. The molecule has 2 saturated carbocycles. The second-order valence-corrected chi connectivity index (χ2v) is 13.8. The molecule has 2 aromatic carbocycles. The van der Waals surface area contributed by atoms with Crippen molar-refractivity contribution in [3.8, 4) is 34.5 Å². The van der Waals surface area contributed by atoms with Gasteiger partial charge in [0.15, 0.2) is 34.5 Å². The van der Waals surface area contributed by atoms with Crippen LogP contribution in [-0.2, 0) is 20.4 Å². The van der Waals surface area contributed by atoms with E-state index in [1.165, 1.54) is 31.4 Å². The average Bonchev–Trinajstić information content (AvgIpc) is 4.01. The van der Waals surface area contributed by atoms with Crippen LogP contribution in [0.1, 0.15) is 36.8 Å². The summed E-state index contributed by atoms with van der Waals surface area (Å²) in [5.41, 5.74) is 5.07. The van der Waals surface area contributed by atoms with Crippen LogP contribution in [0.15, 0.2) is 69.9 Å². The fourth-order valence-corrected chi connectivity index (χ4v) is 6.74. The molecule has 53 heavy (non-hydrogen) atoms. The summed E-state index contributed by atoms with van der Waals surface area (Å²) >= 11 is 12.0. The van der Waals surface area contributed by atoms with E-state index in [0.29, 0.717) is 69.2 Å². The first-order valence-corrected chi connectivity index (χ1v) is 17.4. The van der Waals surface area contributed by atoms with Crippen LogP contribution >= 0.6 is 43.5 Å². The number of nitrogens with two attached hydrogens (primary N) is 1. The highest BCUT2D eigenvalue weighted by molar-refractivity contribution is 9.10. The second-order valence-electron chi connectivity index (χ2n) is 12.0. The maximum Gasteiger partial charge on any atom is 0.586 e. The zero-order valence-electron chi connectivity index (χ0n) is 27.5. The highest BCUT2D eigenvalue weighted by Crippen LogP contribution is 2.54. The summed E-state index contributed by atoms with van der Waals surface area (Å²) in [5, 5.41) is 2.29. The van der Waals surface area contributed by atoms with Crippen molar-refractivity contribution in [3.05, 3.63) is 81.0 Å². The molecule has 0 atom stereocenters. The van der Waals surface area contributed by atoms with Crippen molar-refractivity contribution < 1.29 is 55.6 Å². The van der Waals surface area contributed by atoms with Gasteiger partial charge in [0.2, 0.25) is 11.1 Å². The van der Waals surface area contributed by atoms with Crippen molar-refractivity contribution >= 4 is 66.2 Å². The minimum absolute atomic E-state index is 0.0310. The summed E-state index contributed by atoms with van der Waals surface area (Å²) < 4.78 is 80.6. The number of nitrogens with zero attached hydrogens (tertiary/aromatic N) is 2. The molecule has 2 aliphatic heterocycles. The van der Waals surface area contributed by atoms with Gasteiger partial charge in [-0.15, -0.1) is 17.6 Å². The van der Waals surface area contributed by atoms with Gasteiger partial charge in [-0.3, -0.25) is 9.59 Å². The number of benzene rings is 2. The van der Waals surface area contributed by atoms with Crippen LogP contribution in [0, 0.1) is 0 Å². The second kappa shape index (κ2) is 14.4. The molecule has 0 radical (unpaired) electrons. The van der Waals surface area contributed by atoms with E-state index in [2.05, 4.69) is 66.1 Å². The molecule has 12 nitrogen and oxygen atoms in total. The Labute approximate surface area is 320 Å². The zero-order valence-corrected chi connectivity index (χ0v) is 31.4. The lowest BCUT2D eigenvalue weighted by Crippen LogP contribution is -2.28. The lowest BCUT2D eigenvalue weighted by atomic mass is 9.94.